The summed E-state index contributed by atoms with van der Waals surface area (Å²) in [5, 5.41) is 5.03. The van der Waals surface area contributed by atoms with Crippen molar-refractivity contribution in [3.8, 4) is 0 Å². The molecular weight excluding hydrogens is 254 g/mol. The number of anilines is 1. The van der Waals surface area contributed by atoms with Gasteiger partial charge < -0.3 is 5.32 Å². The Kier molecular flexibility index (Phi) is 4.19. The van der Waals surface area contributed by atoms with Gasteiger partial charge in [0, 0.05) is 10.9 Å². The van der Waals surface area contributed by atoms with Gasteiger partial charge in [-0.3, -0.25) is 9.98 Å². The van der Waals surface area contributed by atoms with E-state index >= 15 is 0 Å². The monoisotopic (exact) mass is 277 g/mol. The summed E-state index contributed by atoms with van der Waals surface area (Å²) in [6, 6.07) is 4.11. The number of thioether (sulfide) groups is 1. The number of nitrogens with one attached hydrogen (secondary N) is 1. The molecule has 1 aromatic heterocycles. The lowest BCUT2D eigenvalue weighted by Gasteiger charge is -2.21. The second kappa shape index (κ2) is 5.53. The molecule has 0 fully saturated rings. The van der Waals surface area contributed by atoms with Gasteiger partial charge in [-0.1, -0.05) is 32.5 Å². The summed E-state index contributed by atoms with van der Waals surface area (Å²) in [5.41, 5.74) is 3.51. The zero-order chi connectivity index (χ0) is 14.0. The first-order chi connectivity index (χ1) is 8.83. The molecule has 0 amide bonds. The van der Waals surface area contributed by atoms with E-state index in [9.17, 15) is 0 Å². The van der Waals surface area contributed by atoms with Crippen LogP contribution in [-0.2, 0) is 0 Å². The molecular formula is C15H23N3S. The van der Waals surface area contributed by atoms with E-state index in [0.717, 1.165) is 28.8 Å². The first kappa shape index (κ1) is 14.4. The topological polar surface area (TPSA) is 37.3 Å². The fraction of sp³-hybridized carbons (Fsp3) is 0.600. The highest BCUT2D eigenvalue weighted by Crippen LogP contribution is 2.32. The standard InChI is InChI=1S/C15H23N3S/c1-10-6-7-13(11(2)17-10)18-14-16-9-12(19-14)8-15(3,4)5/h6-7,12H,8-9H2,1-5H3,(H,16,18). The predicted octanol–water partition coefficient (Wildman–Crippen LogP) is 4.02. The smallest absolute Gasteiger partial charge is 0.161 e. The summed E-state index contributed by atoms with van der Waals surface area (Å²) in [5.74, 6) is 0. The molecule has 1 aromatic rings. The molecule has 0 spiro atoms. The van der Waals surface area contributed by atoms with Crippen molar-refractivity contribution in [2.75, 3.05) is 11.9 Å². The molecule has 0 aromatic carbocycles. The molecule has 1 aliphatic heterocycles. The first-order valence-corrected chi connectivity index (χ1v) is 7.64. The molecule has 0 saturated carbocycles. The Hall–Kier alpha value is -1.03. The number of aliphatic imine (C=N–C) groups is 1. The van der Waals surface area contributed by atoms with Crippen LogP contribution in [0.4, 0.5) is 5.69 Å². The minimum absolute atomic E-state index is 0.365. The number of aryl methyl sites for hydroxylation is 2. The van der Waals surface area contributed by atoms with Gasteiger partial charge in [0.15, 0.2) is 5.17 Å². The van der Waals surface area contributed by atoms with Gasteiger partial charge in [-0.25, -0.2) is 0 Å². The van der Waals surface area contributed by atoms with E-state index in [4.69, 9.17) is 0 Å². The Morgan fingerprint density at radius 1 is 1.32 bits per heavy atom. The maximum Gasteiger partial charge on any atom is 0.161 e. The second-order valence-corrected chi connectivity index (χ2v) is 7.65. The lowest BCUT2D eigenvalue weighted by molar-refractivity contribution is 0.375. The Morgan fingerprint density at radius 2 is 2.05 bits per heavy atom. The van der Waals surface area contributed by atoms with Crippen molar-refractivity contribution in [2.24, 2.45) is 10.4 Å². The lowest BCUT2D eigenvalue weighted by atomic mass is 9.90. The van der Waals surface area contributed by atoms with E-state index in [-0.39, 0.29) is 0 Å². The molecule has 104 valence electrons. The minimum atomic E-state index is 0.365. The zero-order valence-electron chi connectivity index (χ0n) is 12.4. The molecule has 0 radical (unpaired) electrons. The molecule has 4 heteroatoms. The SMILES string of the molecule is Cc1ccc(NC2=NCC(CC(C)(C)C)S2)c(C)n1. The van der Waals surface area contributed by atoms with Gasteiger partial charge in [-0.2, -0.15) is 0 Å². The average molecular weight is 277 g/mol. The number of hydrogen-bond acceptors (Lipinski definition) is 4. The summed E-state index contributed by atoms with van der Waals surface area (Å²) in [4.78, 5) is 9.07. The number of aromatic nitrogens is 1. The minimum Gasteiger partial charge on any atom is -0.333 e. The van der Waals surface area contributed by atoms with Gasteiger partial charge in [0.25, 0.3) is 0 Å². The van der Waals surface area contributed by atoms with Crippen molar-refractivity contribution in [3.05, 3.63) is 23.5 Å². The van der Waals surface area contributed by atoms with E-state index < -0.39 is 0 Å². The van der Waals surface area contributed by atoms with Crippen LogP contribution < -0.4 is 5.32 Å². The van der Waals surface area contributed by atoms with E-state index in [1.807, 2.05) is 31.7 Å². The van der Waals surface area contributed by atoms with Crippen LogP contribution in [-0.4, -0.2) is 21.9 Å². The van der Waals surface area contributed by atoms with Crippen LogP contribution in [0.1, 0.15) is 38.6 Å². The van der Waals surface area contributed by atoms with Gasteiger partial charge in [0.1, 0.15) is 0 Å². The molecule has 1 atom stereocenters. The quantitative estimate of drug-likeness (QED) is 0.887. The molecule has 0 aliphatic carbocycles. The van der Waals surface area contributed by atoms with E-state index in [2.05, 4.69) is 42.1 Å². The van der Waals surface area contributed by atoms with Crippen LogP contribution in [0, 0.1) is 19.3 Å². The predicted molar refractivity (Wildman–Crippen MR) is 85.1 cm³/mol. The molecule has 2 rings (SSSR count). The number of pyridine rings is 1. The molecule has 3 nitrogen and oxygen atoms in total. The highest BCUT2D eigenvalue weighted by atomic mass is 32.2. The zero-order valence-corrected chi connectivity index (χ0v) is 13.3. The fourth-order valence-electron chi connectivity index (χ4n) is 2.21. The summed E-state index contributed by atoms with van der Waals surface area (Å²) in [7, 11) is 0. The molecule has 0 saturated heterocycles. The molecule has 1 unspecified atom stereocenters. The Balaban J connectivity index is 1.95. The van der Waals surface area contributed by atoms with Crippen LogP contribution in [0.15, 0.2) is 17.1 Å². The van der Waals surface area contributed by atoms with Crippen LogP contribution in [0.2, 0.25) is 0 Å². The normalized spacial score (nSPS) is 19.4. The highest BCUT2D eigenvalue weighted by molar-refractivity contribution is 8.15. The second-order valence-electron chi connectivity index (χ2n) is 6.36. The van der Waals surface area contributed by atoms with Gasteiger partial charge in [-0.05, 0) is 37.8 Å². The molecule has 2 heterocycles. The largest absolute Gasteiger partial charge is 0.333 e. The van der Waals surface area contributed by atoms with Crippen molar-refractivity contribution in [1.82, 2.24) is 4.98 Å². The average Bonchev–Trinajstić information content (AvgIpc) is 2.67. The molecule has 19 heavy (non-hydrogen) atoms. The maximum atomic E-state index is 4.60. The Bertz CT molecular complexity index is 489. The van der Waals surface area contributed by atoms with Gasteiger partial charge in [-0.15, -0.1) is 0 Å². The number of rotatable bonds is 2. The fourth-order valence-corrected chi connectivity index (χ4v) is 3.58. The van der Waals surface area contributed by atoms with E-state index in [0.29, 0.717) is 10.7 Å². The van der Waals surface area contributed by atoms with Crippen molar-refractivity contribution < 1.29 is 0 Å². The van der Waals surface area contributed by atoms with Crippen LogP contribution >= 0.6 is 11.8 Å². The number of hydrogen-bond donors (Lipinski definition) is 1. The van der Waals surface area contributed by atoms with E-state index in [1.54, 1.807) is 0 Å². The summed E-state index contributed by atoms with van der Waals surface area (Å²) >= 11 is 1.86. The Morgan fingerprint density at radius 3 is 2.68 bits per heavy atom. The van der Waals surface area contributed by atoms with Crippen molar-refractivity contribution in [2.45, 2.75) is 46.3 Å². The van der Waals surface area contributed by atoms with Crippen LogP contribution in [0.3, 0.4) is 0 Å². The highest BCUT2D eigenvalue weighted by Gasteiger charge is 2.25. The third-order valence-electron chi connectivity index (χ3n) is 3.02. The van der Waals surface area contributed by atoms with Gasteiger partial charge >= 0.3 is 0 Å². The molecule has 1 N–H and O–H groups in total. The molecule has 0 bridgehead atoms. The lowest BCUT2D eigenvalue weighted by Crippen LogP contribution is -2.16. The van der Waals surface area contributed by atoms with E-state index in [1.165, 1.54) is 6.42 Å². The summed E-state index contributed by atoms with van der Waals surface area (Å²) < 4.78 is 0. The number of nitrogens with zero attached hydrogens (tertiary/aromatic N) is 2. The van der Waals surface area contributed by atoms with Gasteiger partial charge in [0.2, 0.25) is 0 Å². The number of amidine groups is 1. The summed E-state index contributed by atoms with van der Waals surface area (Å²) in [6.45, 7) is 11.8. The third kappa shape index (κ3) is 4.23. The third-order valence-corrected chi connectivity index (χ3v) is 4.13. The summed E-state index contributed by atoms with van der Waals surface area (Å²) in [6.07, 6.45) is 1.19. The van der Waals surface area contributed by atoms with Crippen LogP contribution in [0.5, 0.6) is 0 Å². The molecule has 1 aliphatic rings. The van der Waals surface area contributed by atoms with Crippen molar-refractivity contribution in [1.29, 1.82) is 0 Å². The first-order valence-electron chi connectivity index (χ1n) is 6.76. The Labute approximate surface area is 120 Å². The van der Waals surface area contributed by atoms with Crippen LogP contribution in [0.25, 0.3) is 0 Å². The van der Waals surface area contributed by atoms with Gasteiger partial charge in [0.05, 0.1) is 17.9 Å². The maximum absolute atomic E-state index is 4.60. The van der Waals surface area contributed by atoms with Crippen molar-refractivity contribution >= 4 is 22.6 Å². The van der Waals surface area contributed by atoms with Crippen molar-refractivity contribution in [3.63, 3.8) is 0 Å².